The maximum atomic E-state index is 14.7. The third-order valence-electron chi connectivity index (χ3n) is 6.55. The third-order valence-corrected chi connectivity index (χ3v) is 6.55. The van der Waals surface area contributed by atoms with Crippen LogP contribution in [-0.2, 0) is 4.74 Å². The first-order valence-corrected chi connectivity index (χ1v) is 13.0. The van der Waals surface area contributed by atoms with Crippen molar-refractivity contribution in [3.05, 3.63) is 53.9 Å². The van der Waals surface area contributed by atoms with Crippen molar-refractivity contribution in [2.45, 2.75) is 65.6 Å². The minimum absolute atomic E-state index is 0.0851. The number of carbonyl (C=O) groups excluding carboxylic acids is 2. The van der Waals surface area contributed by atoms with Crippen molar-refractivity contribution < 1.29 is 18.7 Å². The summed E-state index contributed by atoms with van der Waals surface area (Å²) in [5.74, 6) is 0.351. The molecule has 1 aliphatic heterocycles. The summed E-state index contributed by atoms with van der Waals surface area (Å²) in [5, 5.41) is 3.08. The fraction of sp³-hybridized carbons (Fsp3) is 0.464. The van der Waals surface area contributed by atoms with Gasteiger partial charge < -0.3 is 24.4 Å². The van der Waals surface area contributed by atoms with Gasteiger partial charge in [0.05, 0.1) is 24.1 Å². The van der Waals surface area contributed by atoms with Gasteiger partial charge in [0.25, 0.3) is 5.91 Å². The molecule has 1 atom stereocenters. The molecule has 1 aromatic carbocycles. The number of aromatic nitrogens is 4. The zero-order chi connectivity index (χ0) is 28.5. The molecule has 1 aliphatic rings. The molecule has 3 heterocycles. The van der Waals surface area contributed by atoms with Crippen LogP contribution in [0.5, 0.6) is 0 Å². The molecule has 0 radical (unpaired) electrons. The van der Waals surface area contributed by atoms with E-state index in [1.807, 2.05) is 46.1 Å². The molecule has 208 valence electrons. The van der Waals surface area contributed by atoms with Crippen LogP contribution in [0.25, 0.3) is 11.4 Å². The average Bonchev–Trinajstić information content (AvgIpc) is 3.51. The number of imidazole rings is 1. The molecular weight excluding hydrogens is 501 g/mol. The lowest BCUT2D eigenvalue weighted by Crippen LogP contribution is -2.42. The summed E-state index contributed by atoms with van der Waals surface area (Å²) in [4.78, 5) is 41.6. The van der Waals surface area contributed by atoms with Gasteiger partial charge in [0, 0.05) is 37.4 Å². The highest BCUT2D eigenvalue weighted by Gasteiger charge is 2.33. The van der Waals surface area contributed by atoms with E-state index in [2.05, 4.69) is 20.3 Å². The number of halogens is 1. The van der Waals surface area contributed by atoms with Gasteiger partial charge in [0.15, 0.2) is 5.82 Å². The Labute approximate surface area is 228 Å². The smallest absolute Gasteiger partial charge is 0.410 e. The number of benzene rings is 1. The van der Waals surface area contributed by atoms with Gasteiger partial charge >= 0.3 is 6.09 Å². The molecule has 4 rings (SSSR count). The van der Waals surface area contributed by atoms with Crippen LogP contribution >= 0.6 is 0 Å². The van der Waals surface area contributed by atoms with Crippen molar-refractivity contribution >= 4 is 23.6 Å². The number of likely N-dealkylation sites (N-methyl/N-ethyl adjacent to an activating group) is 1. The molecule has 2 aromatic heterocycles. The summed E-state index contributed by atoms with van der Waals surface area (Å²) in [6.07, 6.45) is 3.03. The Bertz CT molecular complexity index is 1350. The molecule has 0 spiro atoms. The molecule has 0 aliphatic carbocycles. The number of rotatable bonds is 6. The number of hydrogen-bond donors (Lipinski definition) is 1. The van der Waals surface area contributed by atoms with E-state index in [1.54, 1.807) is 47.3 Å². The lowest BCUT2D eigenvalue weighted by atomic mass is 10.2. The highest BCUT2D eigenvalue weighted by Crippen LogP contribution is 2.27. The van der Waals surface area contributed by atoms with Crippen LogP contribution in [0.3, 0.4) is 0 Å². The number of nitrogens with one attached hydrogen (secondary N) is 1. The number of aryl methyl sites for hydroxylation is 1. The largest absolute Gasteiger partial charge is 0.444 e. The Hall–Kier alpha value is -4.02. The van der Waals surface area contributed by atoms with E-state index in [1.165, 1.54) is 0 Å². The number of hydrogen-bond acceptors (Lipinski definition) is 7. The van der Waals surface area contributed by atoms with Crippen LogP contribution < -0.4 is 5.32 Å². The normalized spacial score (nSPS) is 15.5. The second-order valence-corrected chi connectivity index (χ2v) is 11.0. The van der Waals surface area contributed by atoms with Crippen molar-refractivity contribution in [1.82, 2.24) is 29.3 Å². The molecule has 1 saturated heterocycles. The lowest BCUT2D eigenvalue weighted by Gasteiger charge is -2.28. The zero-order valence-electron chi connectivity index (χ0n) is 23.5. The highest BCUT2D eigenvalue weighted by atomic mass is 19.1. The summed E-state index contributed by atoms with van der Waals surface area (Å²) in [6.45, 7) is 12.3. The number of nitrogens with zero attached hydrogens (tertiary/aromatic N) is 6. The maximum absolute atomic E-state index is 14.7. The van der Waals surface area contributed by atoms with Crippen molar-refractivity contribution in [2.75, 3.05) is 25.5 Å². The Kier molecular flexibility index (Phi) is 7.89. The third kappa shape index (κ3) is 6.35. The fourth-order valence-corrected chi connectivity index (χ4v) is 4.62. The molecular formula is C28H36FN7O3. The van der Waals surface area contributed by atoms with Crippen molar-refractivity contribution in [1.29, 1.82) is 0 Å². The Morgan fingerprint density at radius 1 is 1.15 bits per heavy atom. The average molecular weight is 538 g/mol. The van der Waals surface area contributed by atoms with E-state index in [4.69, 9.17) is 4.74 Å². The monoisotopic (exact) mass is 537 g/mol. The van der Waals surface area contributed by atoms with Crippen LogP contribution in [-0.4, -0.2) is 73.1 Å². The minimum atomic E-state index is -0.578. The molecule has 0 saturated carbocycles. The molecule has 10 nitrogen and oxygen atoms in total. The van der Waals surface area contributed by atoms with Gasteiger partial charge in [0.1, 0.15) is 17.1 Å². The predicted molar refractivity (Wildman–Crippen MR) is 146 cm³/mol. The summed E-state index contributed by atoms with van der Waals surface area (Å²) in [7, 11) is 1.70. The van der Waals surface area contributed by atoms with Gasteiger partial charge in [-0.05, 0) is 72.2 Å². The summed E-state index contributed by atoms with van der Waals surface area (Å²) in [5.41, 5.74) is 1.34. The Morgan fingerprint density at radius 3 is 2.49 bits per heavy atom. The van der Waals surface area contributed by atoms with Crippen LogP contribution in [0.1, 0.15) is 63.3 Å². The molecule has 39 heavy (non-hydrogen) atoms. The van der Waals surface area contributed by atoms with Crippen molar-refractivity contribution in [2.24, 2.45) is 0 Å². The molecule has 0 bridgehead atoms. The van der Waals surface area contributed by atoms with Crippen molar-refractivity contribution in [3.8, 4) is 11.4 Å². The zero-order valence-corrected chi connectivity index (χ0v) is 23.5. The molecule has 11 heteroatoms. The molecule has 0 unspecified atom stereocenters. The molecule has 2 amide bonds. The van der Waals surface area contributed by atoms with Gasteiger partial charge in [-0.1, -0.05) is 0 Å². The summed E-state index contributed by atoms with van der Waals surface area (Å²) < 4.78 is 22.0. The fourth-order valence-electron chi connectivity index (χ4n) is 4.62. The van der Waals surface area contributed by atoms with E-state index in [0.29, 0.717) is 36.5 Å². The maximum Gasteiger partial charge on any atom is 0.410 e. The van der Waals surface area contributed by atoms with E-state index < -0.39 is 17.5 Å². The first kappa shape index (κ1) is 28.0. The van der Waals surface area contributed by atoms with Crippen LogP contribution in [0.2, 0.25) is 0 Å². The van der Waals surface area contributed by atoms with Crippen LogP contribution in [0.4, 0.5) is 20.8 Å². The van der Waals surface area contributed by atoms with Crippen LogP contribution in [0.15, 0.2) is 36.7 Å². The Balaban J connectivity index is 1.42. The SMILES string of the molecule is Cc1ncc(-c2nc(Nc3ccc(C(=O)N4CC[C@H](N(C)C(=O)OC(C)(C)C)C4)cc3)ncc2F)n1C(C)C. The summed E-state index contributed by atoms with van der Waals surface area (Å²) >= 11 is 0. The van der Waals surface area contributed by atoms with E-state index in [-0.39, 0.29) is 29.6 Å². The van der Waals surface area contributed by atoms with Gasteiger partial charge in [-0.2, -0.15) is 0 Å². The van der Waals surface area contributed by atoms with Gasteiger partial charge in [-0.3, -0.25) is 4.79 Å². The number of carbonyl (C=O) groups is 2. The topological polar surface area (TPSA) is 105 Å². The standard InChI is InChI=1S/C28H36FN7O3/c1-17(2)36-18(3)30-15-23(36)24-22(29)14-31-26(33-24)32-20-10-8-19(9-11-20)25(37)35-13-12-21(16-35)34(7)27(38)39-28(4,5)6/h8-11,14-15,17,21H,12-13,16H2,1-7H3,(H,31,32,33)/t21-/m0/s1. The Morgan fingerprint density at radius 2 is 1.85 bits per heavy atom. The van der Waals surface area contributed by atoms with Gasteiger partial charge in [-0.25, -0.2) is 24.1 Å². The lowest BCUT2D eigenvalue weighted by molar-refractivity contribution is 0.0226. The number of likely N-dealkylation sites (tertiary alicyclic amines) is 1. The van der Waals surface area contributed by atoms with Gasteiger partial charge in [0.2, 0.25) is 5.95 Å². The molecule has 1 fully saturated rings. The number of ether oxygens (including phenoxy) is 1. The van der Waals surface area contributed by atoms with E-state index >= 15 is 0 Å². The quantitative estimate of drug-likeness (QED) is 0.461. The predicted octanol–water partition coefficient (Wildman–Crippen LogP) is 5.19. The summed E-state index contributed by atoms with van der Waals surface area (Å²) in [6, 6.07) is 6.92. The first-order valence-electron chi connectivity index (χ1n) is 13.0. The van der Waals surface area contributed by atoms with Gasteiger partial charge in [-0.15, -0.1) is 0 Å². The number of amides is 2. The van der Waals surface area contributed by atoms with Crippen molar-refractivity contribution in [3.63, 3.8) is 0 Å². The van der Waals surface area contributed by atoms with E-state index in [0.717, 1.165) is 12.0 Å². The first-order chi connectivity index (χ1) is 18.3. The molecule has 1 N–H and O–H groups in total. The number of anilines is 2. The molecule has 3 aromatic rings. The second kappa shape index (κ2) is 11.0. The highest BCUT2D eigenvalue weighted by molar-refractivity contribution is 5.95. The second-order valence-electron chi connectivity index (χ2n) is 11.0. The van der Waals surface area contributed by atoms with E-state index in [9.17, 15) is 14.0 Å². The minimum Gasteiger partial charge on any atom is -0.444 e. The van der Waals surface area contributed by atoms with Crippen LogP contribution in [0, 0.1) is 12.7 Å².